The molecule has 0 spiro atoms. The van der Waals surface area contributed by atoms with Gasteiger partial charge in [0, 0.05) is 12.0 Å². The highest BCUT2D eigenvalue weighted by atomic mass is 19.1. The van der Waals surface area contributed by atoms with Crippen LogP contribution in [0.2, 0.25) is 0 Å². The molecule has 4 heteroatoms. The van der Waals surface area contributed by atoms with Crippen molar-refractivity contribution < 1.29 is 14.0 Å². The van der Waals surface area contributed by atoms with Gasteiger partial charge in [0.2, 0.25) is 5.91 Å². The Labute approximate surface area is 106 Å². The van der Waals surface area contributed by atoms with Crippen molar-refractivity contribution in [2.45, 2.75) is 34.1 Å². The molecule has 0 aliphatic carbocycles. The van der Waals surface area contributed by atoms with Gasteiger partial charge in [0.25, 0.3) is 0 Å². The fraction of sp³-hybridized carbons (Fsp3) is 0.429. The predicted molar refractivity (Wildman–Crippen MR) is 69.2 cm³/mol. The second-order valence-electron chi connectivity index (χ2n) is 5.59. The number of benzene rings is 1. The Kier molecular flexibility index (Phi) is 4.22. The number of hydrogen-bond acceptors (Lipinski definition) is 2. The van der Waals surface area contributed by atoms with Crippen LogP contribution in [0.4, 0.5) is 10.1 Å². The minimum absolute atomic E-state index is 0.138. The average Bonchev–Trinajstić information content (AvgIpc) is 2.20. The molecule has 98 valence electrons. The number of hydrogen-bond donors (Lipinski definition) is 1. The molecule has 0 saturated carbocycles. The number of anilines is 1. The summed E-state index contributed by atoms with van der Waals surface area (Å²) in [6.07, 6.45) is 0.872. The van der Waals surface area contributed by atoms with Crippen molar-refractivity contribution in [3.8, 4) is 0 Å². The standard InChI is InChI=1S/C14H18FNO2/c1-9-5-12(10(8-17)6-11(9)15)16-13(18)7-14(2,3)4/h5-6,8H,7H2,1-4H3,(H,16,18). The molecule has 18 heavy (non-hydrogen) atoms. The highest BCUT2D eigenvalue weighted by Crippen LogP contribution is 2.22. The van der Waals surface area contributed by atoms with Gasteiger partial charge in [-0.1, -0.05) is 20.8 Å². The minimum Gasteiger partial charge on any atom is -0.325 e. The molecule has 0 bridgehead atoms. The first-order valence-electron chi connectivity index (χ1n) is 5.78. The maximum atomic E-state index is 13.3. The van der Waals surface area contributed by atoms with Gasteiger partial charge < -0.3 is 5.32 Å². The molecule has 3 nitrogen and oxygen atoms in total. The number of amides is 1. The van der Waals surface area contributed by atoms with Gasteiger partial charge in [-0.2, -0.15) is 0 Å². The number of carbonyl (C=O) groups is 2. The van der Waals surface area contributed by atoms with E-state index < -0.39 is 5.82 Å². The van der Waals surface area contributed by atoms with E-state index in [9.17, 15) is 14.0 Å². The number of carbonyl (C=O) groups excluding carboxylic acids is 2. The largest absolute Gasteiger partial charge is 0.325 e. The van der Waals surface area contributed by atoms with Gasteiger partial charge in [-0.05, 0) is 30.0 Å². The first-order valence-corrected chi connectivity index (χ1v) is 5.78. The number of aldehydes is 1. The summed E-state index contributed by atoms with van der Waals surface area (Å²) in [6, 6.07) is 2.61. The van der Waals surface area contributed by atoms with E-state index in [4.69, 9.17) is 0 Å². The Morgan fingerprint density at radius 1 is 1.39 bits per heavy atom. The Morgan fingerprint density at radius 2 is 2.00 bits per heavy atom. The van der Waals surface area contributed by atoms with Gasteiger partial charge in [0.05, 0.1) is 5.69 Å². The Balaban J connectivity index is 2.94. The van der Waals surface area contributed by atoms with Crippen molar-refractivity contribution in [1.29, 1.82) is 0 Å². The zero-order valence-electron chi connectivity index (χ0n) is 11.1. The van der Waals surface area contributed by atoms with Crippen molar-refractivity contribution in [1.82, 2.24) is 0 Å². The number of nitrogens with one attached hydrogen (secondary N) is 1. The van der Waals surface area contributed by atoms with Crippen molar-refractivity contribution in [2.75, 3.05) is 5.32 Å². The van der Waals surface area contributed by atoms with E-state index in [2.05, 4.69) is 5.32 Å². The van der Waals surface area contributed by atoms with Crippen molar-refractivity contribution in [2.24, 2.45) is 5.41 Å². The molecule has 1 amide bonds. The molecule has 1 rings (SSSR count). The van der Waals surface area contributed by atoms with Crippen LogP contribution in [0.1, 0.15) is 43.1 Å². The molecule has 0 fully saturated rings. The van der Waals surface area contributed by atoms with Gasteiger partial charge in [-0.3, -0.25) is 9.59 Å². The van der Waals surface area contributed by atoms with Gasteiger partial charge in [0.1, 0.15) is 5.82 Å². The summed E-state index contributed by atoms with van der Waals surface area (Å²) in [6.45, 7) is 7.43. The fourth-order valence-electron chi connectivity index (χ4n) is 1.58. The molecule has 0 aliphatic heterocycles. The molecule has 1 N–H and O–H groups in total. The number of rotatable bonds is 3. The van der Waals surface area contributed by atoms with E-state index in [0.717, 1.165) is 6.07 Å². The number of aryl methyl sites for hydroxylation is 1. The molecule has 0 saturated heterocycles. The van der Waals surface area contributed by atoms with Gasteiger partial charge in [-0.15, -0.1) is 0 Å². The summed E-state index contributed by atoms with van der Waals surface area (Å²) in [5.74, 6) is -0.637. The predicted octanol–water partition coefficient (Wildman–Crippen LogP) is 3.32. The maximum Gasteiger partial charge on any atom is 0.224 e. The third-order valence-corrected chi connectivity index (χ3v) is 2.42. The summed E-state index contributed by atoms with van der Waals surface area (Å²) < 4.78 is 13.3. The van der Waals surface area contributed by atoms with E-state index in [1.54, 1.807) is 6.92 Å². The van der Waals surface area contributed by atoms with Crippen LogP contribution >= 0.6 is 0 Å². The third-order valence-electron chi connectivity index (χ3n) is 2.42. The molecule has 1 aromatic carbocycles. The van der Waals surface area contributed by atoms with E-state index in [1.807, 2.05) is 20.8 Å². The van der Waals surface area contributed by atoms with E-state index in [-0.39, 0.29) is 16.9 Å². The van der Waals surface area contributed by atoms with Crippen LogP contribution in [0.15, 0.2) is 12.1 Å². The normalized spacial score (nSPS) is 11.2. The van der Waals surface area contributed by atoms with E-state index >= 15 is 0 Å². The molecule has 0 heterocycles. The Morgan fingerprint density at radius 3 is 2.50 bits per heavy atom. The minimum atomic E-state index is -0.453. The van der Waals surface area contributed by atoms with Crippen molar-refractivity contribution in [3.05, 3.63) is 29.1 Å². The van der Waals surface area contributed by atoms with Crippen LogP contribution in [-0.2, 0) is 4.79 Å². The van der Waals surface area contributed by atoms with Gasteiger partial charge in [0.15, 0.2) is 6.29 Å². The summed E-state index contributed by atoms with van der Waals surface area (Å²) in [5.41, 5.74) is 0.769. The third kappa shape index (κ3) is 3.95. The van der Waals surface area contributed by atoms with Crippen LogP contribution in [0.5, 0.6) is 0 Å². The topological polar surface area (TPSA) is 46.2 Å². The summed E-state index contributed by atoms with van der Waals surface area (Å²) in [7, 11) is 0. The first-order chi connectivity index (χ1) is 8.23. The molecule has 1 aromatic rings. The van der Waals surface area contributed by atoms with Gasteiger partial charge in [-0.25, -0.2) is 4.39 Å². The zero-order chi connectivity index (χ0) is 13.9. The molecule has 0 atom stereocenters. The van der Waals surface area contributed by atoms with E-state index in [0.29, 0.717) is 24.0 Å². The smallest absolute Gasteiger partial charge is 0.224 e. The molecule has 0 unspecified atom stereocenters. The SMILES string of the molecule is Cc1cc(NC(=O)CC(C)(C)C)c(C=O)cc1F. The molecule has 0 radical (unpaired) electrons. The van der Waals surface area contributed by atoms with Gasteiger partial charge >= 0.3 is 0 Å². The second-order valence-corrected chi connectivity index (χ2v) is 5.59. The maximum absolute atomic E-state index is 13.3. The monoisotopic (exact) mass is 251 g/mol. The highest BCUT2D eigenvalue weighted by Gasteiger charge is 2.17. The summed E-state index contributed by atoms with van der Waals surface area (Å²) in [5, 5.41) is 2.65. The molecular formula is C14H18FNO2. The molecular weight excluding hydrogens is 233 g/mol. The lowest BCUT2D eigenvalue weighted by Crippen LogP contribution is -2.20. The lowest BCUT2D eigenvalue weighted by atomic mass is 9.92. The molecule has 0 aromatic heterocycles. The quantitative estimate of drug-likeness (QED) is 0.838. The first kappa shape index (κ1) is 14.4. The summed E-state index contributed by atoms with van der Waals surface area (Å²) >= 11 is 0. The Bertz CT molecular complexity index is 475. The van der Waals surface area contributed by atoms with Crippen LogP contribution in [-0.4, -0.2) is 12.2 Å². The zero-order valence-corrected chi connectivity index (χ0v) is 11.1. The lowest BCUT2D eigenvalue weighted by Gasteiger charge is -2.18. The second kappa shape index (κ2) is 5.29. The Hall–Kier alpha value is -1.71. The lowest BCUT2D eigenvalue weighted by molar-refractivity contribution is -0.117. The van der Waals surface area contributed by atoms with Crippen LogP contribution in [0.3, 0.4) is 0 Å². The molecule has 0 aliphatic rings. The van der Waals surface area contributed by atoms with Crippen molar-refractivity contribution >= 4 is 17.9 Å². The average molecular weight is 251 g/mol. The van der Waals surface area contributed by atoms with Crippen LogP contribution in [0, 0.1) is 18.2 Å². The van der Waals surface area contributed by atoms with Crippen LogP contribution in [0.25, 0.3) is 0 Å². The number of halogens is 1. The fourth-order valence-corrected chi connectivity index (χ4v) is 1.58. The highest BCUT2D eigenvalue weighted by molar-refractivity contribution is 5.96. The summed E-state index contributed by atoms with van der Waals surface area (Å²) in [4.78, 5) is 22.6. The van der Waals surface area contributed by atoms with Crippen molar-refractivity contribution in [3.63, 3.8) is 0 Å². The van der Waals surface area contributed by atoms with Crippen LogP contribution < -0.4 is 5.32 Å². The van der Waals surface area contributed by atoms with E-state index in [1.165, 1.54) is 6.07 Å².